The molecule has 1 amide bonds. The number of nitrogens with zero attached hydrogens (tertiary/aromatic N) is 2. The van der Waals surface area contributed by atoms with Crippen molar-refractivity contribution in [1.29, 1.82) is 0 Å². The van der Waals surface area contributed by atoms with Crippen molar-refractivity contribution in [1.82, 2.24) is 15.2 Å². The van der Waals surface area contributed by atoms with E-state index >= 15 is 0 Å². The van der Waals surface area contributed by atoms with Gasteiger partial charge in [-0.05, 0) is 50.9 Å². The highest BCUT2D eigenvalue weighted by Gasteiger charge is 2.23. The van der Waals surface area contributed by atoms with Gasteiger partial charge in [0.15, 0.2) is 0 Å². The summed E-state index contributed by atoms with van der Waals surface area (Å²) in [6.45, 7) is 8.43. The molecule has 162 valence electrons. The molecule has 3 rings (SSSR count). The van der Waals surface area contributed by atoms with Gasteiger partial charge in [0.05, 0.1) is 12.1 Å². The normalized spacial score (nSPS) is 14.1. The van der Waals surface area contributed by atoms with Gasteiger partial charge in [-0.15, -0.1) is 36.2 Å². The third-order valence-electron chi connectivity index (χ3n) is 4.97. The summed E-state index contributed by atoms with van der Waals surface area (Å²) in [5.41, 5.74) is 2.06. The molecule has 1 aromatic carbocycles. The van der Waals surface area contributed by atoms with Crippen LogP contribution in [0, 0.1) is 12.8 Å². The SMILES string of the molecule is CCNCC1CCN(C(=O)Cc2csc(COc3ccc(C)cc3)n2)CC1.Cl.Cl. The topological polar surface area (TPSA) is 54.5 Å². The molecular weight excluding hydrogens is 429 g/mol. The number of halogens is 2. The van der Waals surface area contributed by atoms with Crippen LogP contribution in [-0.2, 0) is 17.8 Å². The minimum Gasteiger partial charge on any atom is -0.486 e. The minimum absolute atomic E-state index is 0. The largest absolute Gasteiger partial charge is 0.486 e. The zero-order valence-electron chi connectivity index (χ0n) is 17.1. The molecule has 8 heteroatoms. The molecule has 0 bridgehead atoms. The van der Waals surface area contributed by atoms with Crippen molar-refractivity contribution >= 4 is 42.1 Å². The molecular formula is C21H31Cl2N3O2S. The number of nitrogens with one attached hydrogen (secondary N) is 1. The zero-order valence-corrected chi connectivity index (χ0v) is 19.5. The van der Waals surface area contributed by atoms with E-state index in [1.54, 1.807) is 11.3 Å². The monoisotopic (exact) mass is 459 g/mol. The molecule has 0 aliphatic carbocycles. The smallest absolute Gasteiger partial charge is 0.228 e. The Labute approximate surface area is 190 Å². The minimum atomic E-state index is 0. The number of thiazole rings is 1. The van der Waals surface area contributed by atoms with Crippen molar-refractivity contribution in [3.63, 3.8) is 0 Å². The average Bonchev–Trinajstić information content (AvgIpc) is 3.13. The molecule has 2 heterocycles. The quantitative estimate of drug-likeness (QED) is 0.640. The second kappa shape index (κ2) is 13.1. The number of piperidine rings is 1. The average molecular weight is 460 g/mol. The van der Waals surface area contributed by atoms with Gasteiger partial charge in [0, 0.05) is 18.5 Å². The van der Waals surface area contributed by atoms with Gasteiger partial charge in [-0.25, -0.2) is 4.98 Å². The van der Waals surface area contributed by atoms with Crippen molar-refractivity contribution in [3.8, 4) is 5.75 Å². The van der Waals surface area contributed by atoms with Crippen LogP contribution in [0.25, 0.3) is 0 Å². The molecule has 0 saturated carbocycles. The molecule has 0 radical (unpaired) electrons. The van der Waals surface area contributed by atoms with Crippen LogP contribution >= 0.6 is 36.2 Å². The van der Waals surface area contributed by atoms with Crippen LogP contribution in [0.15, 0.2) is 29.6 Å². The Morgan fingerprint density at radius 3 is 2.59 bits per heavy atom. The van der Waals surface area contributed by atoms with Crippen molar-refractivity contribution in [2.75, 3.05) is 26.2 Å². The summed E-state index contributed by atoms with van der Waals surface area (Å²) >= 11 is 1.55. The van der Waals surface area contributed by atoms with E-state index in [1.807, 2.05) is 34.5 Å². The predicted octanol–water partition coefficient (Wildman–Crippen LogP) is 4.26. The summed E-state index contributed by atoms with van der Waals surface area (Å²) < 4.78 is 5.77. The number of carbonyl (C=O) groups is 1. The summed E-state index contributed by atoms with van der Waals surface area (Å²) in [4.78, 5) is 19.1. The first kappa shape index (κ1) is 25.7. The Balaban J connectivity index is 0.00000210. The highest BCUT2D eigenvalue weighted by Crippen LogP contribution is 2.19. The predicted molar refractivity (Wildman–Crippen MR) is 124 cm³/mol. The number of carbonyl (C=O) groups excluding carboxylic acids is 1. The van der Waals surface area contributed by atoms with Gasteiger partial charge in [-0.2, -0.15) is 0 Å². The first-order valence-electron chi connectivity index (χ1n) is 9.75. The molecule has 1 aromatic heterocycles. The second-order valence-corrected chi connectivity index (χ2v) is 8.09. The molecule has 0 atom stereocenters. The lowest BCUT2D eigenvalue weighted by atomic mass is 9.96. The maximum atomic E-state index is 12.6. The Morgan fingerprint density at radius 1 is 1.24 bits per heavy atom. The maximum Gasteiger partial charge on any atom is 0.228 e. The summed E-state index contributed by atoms with van der Waals surface area (Å²) in [6.07, 6.45) is 2.57. The Kier molecular flexibility index (Phi) is 11.6. The maximum absolute atomic E-state index is 12.6. The Morgan fingerprint density at radius 2 is 1.93 bits per heavy atom. The first-order chi connectivity index (χ1) is 13.1. The number of amides is 1. The molecule has 2 aromatic rings. The van der Waals surface area contributed by atoms with Crippen molar-refractivity contribution in [2.45, 2.75) is 39.7 Å². The highest BCUT2D eigenvalue weighted by atomic mass is 35.5. The van der Waals surface area contributed by atoms with E-state index < -0.39 is 0 Å². The van der Waals surface area contributed by atoms with Crippen LogP contribution in [0.3, 0.4) is 0 Å². The number of ether oxygens (including phenoxy) is 1. The van der Waals surface area contributed by atoms with Gasteiger partial charge in [0.25, 0.3) is 0 Å². The van der Waals surface area contributed by atoms with Gasteiger partial charge in [0.2, 0.25) is 5.91 Å². The van der Waals surface area contributed by atoms with Crippen LogP contribution in [0.5, 0.6) is 5.75 Å². The lowest BCUT2D eigenvalue weighted by Crippen LogP contribution is -2.41. The van der Waals surface area contributed by atoms with Gasteiger partial charge in [-0.1, -0.05) is 24.6 Å². The zero-order chi connectivity index (χ0) is 19.1. The van der Waals surface area contributed by atoms with Crippen LogP contribution < -0.4 is 10.1 Å². The van der Waals surface area contributed by atoms with E-state index in [2.05, 4.69) is 24.1 Å². The summed E-state index contributed by atoms with van der Waals surface area (Å²) in [5, 5.41) is 6.29. The lowest BCUT2D eigenvalue weighted by molar-refractivity contribution is -0.131. The van der Waals surface area contributed by atoms with Gasteiger partial charge >= 0.3 is 0 Å². The van der Waals surface area contributed by atoms with E-state index in [0.29, 0.717) is 18.9 Å². The van der Waals surface area contributed by atoms with E-state index in [0.717, 1.165) is 55.5 Å². The molecule has 1 saturated heterocycles. The number of likely N-dealkylation sites (tertiary alicyclic amines) is 1. The summed E-state index contributed by atoms with van der Waals surface area (Å²) in [5.74, 6) is 1.72. The molecule has 5 nitrogen and oxygen atoms in total. The number of aryl methyl sites for hydroxylation is 1. The summed E-state index contributed by atoms with van der Waals surface area (Å²) in [6, 6.07) is 7.99. The molecule has 0 unspecified atom stereocenters. The van der Waals surface area contributed by atoms with E-state index in [-0.39, 0.29) is 30.7 Å². The molecule has 1 aliphatic heterocycles. The van der Waals surface area contributed by atoms with E-state index in [1.165, 1.54) is 5.56 Å². The second-order valence-electron chi connectivity index (χ2n) is 7.14. The number of hydrogen-bond acceptors (Lipinski definition) is 5. The fourth-order valence-electron chi connectivity index (χ4n) is 3.28. The number of aromatic nitrogens is 1. The number of rotatable bonds is 8. The van der Waals surface area contributed by atoms with Crippen LogP contribution in [0.1, 0.15) is 36.0 Å². The molecule has 1 aliphatic rings. The molecule has 1 N–H and O–H groups in total. The lowest BCUT2D eigenvalue weighted by Gasteiger charge is -2.32. The van der Waals surface area contributed by atoms with Gasteiger partial charge in [0.1, 0.15) is 17.4 Å². The Bertz CT molecular complexity index is 732. The number of benzene rings is 1. The third-order valence-corrected chi connectivity index (χ3v) is 5.84. The van der Waals surface area contributed by atoms with Crippen molar-refractivity contribution in [2.24, 2.45) is 5.92 Å². The van der Waals surface area contributed by atoms with E-state index in [4.69, 9.17) is 4.74 Å². The van der Waals surface area contributed by atoms with Crippen molar-refractivity contribution < 1.29 is 9.53 Å². The van der Waals surface area contributed by atoms with E-state index in [9.17, 15) is 4.79 Å². The van der Waals surface area contributed by atoms with Crippen LogP contribution in [0.2, 0.25) is 0 Å². The van der Waals surface area contributed by atoms with Crippen LogP contribution in [0.4, 0.5) is 0 Å². The highest BCUT2D eigenvalue weighted by molar-refractivity contribution is 7.09. The molecule has 0 spiro atoms. The summed E-state index contributed by atoms with van der Waals surface area (Å²) in [7, 11) is 0. The Hall–Kier alpha value is -1.34. The number of hydrogen-bond donors (Lipinski definition) is 1. The van der Waals surface area contributed by atoms with Gasteiger partial charge < -0.3 is 15.0 Å². The molecule has 1 fully saturated rings. The standard InChI is InChI=1S/C21H29N3O2S.2ClH/c1-3-22-13-17-8-10-24(11-9-17)21(25)12-18-15-27-20(23-18)14-26-19-6-4-16(2)5-7-19;;/h4-7,15,17,22H,3,8-14H2,1-2H3;2*1H. The van der Waals surface area contributed by atoms with Gasteiger partial charge in [-0.3, -0.25) is 4.79 Å². The van der Waals surface area contributed by atoms with Crippen LogP contribution in [-0.4, -0.2) is 42.0 Å². The fraction of sp³-hybridized carbons (Fsp3) is 0.524. The van der Waals surface area contributed by atoms with Crippen molar-refractivity contribution in [3.05, 3.63) is 45.9 Å². The molecule has 29 heavy (non-hydrogen) atoms. The fourth-order valence-corrected chi connectivity index (χ4v) is 3.98. The third kappa shape index (κ3) is 8.13. The first-order valence-corrected chi connectivity index (χ1v) is 10.6.